The van der Waals surface area contributed by atoms with E-state index in [2.05, 4.69) is 5.32 Å². The van der Waals surface area contributed by atoms with Gasteiger partial charge in [-0.05, 0) is 43.3 Å². The molecule has 0 heterocycles. The monoisotopic (exact) mass is 428 g/mol. The maximum absolute atomic E-state index is 12.7. The van der Waals surface area contributed by atoms with Crippen molar-refractivity contribution in [1.29, 1.82) is 0 Å². The predicted molar refractivity (Wildman–Crippen MR) is 99.9 cm³/mol. The fourth-order valence-electron chi connectivity index (χ4n) is 2.20. The molecule has 0 fully saturated rings. The Labute approximate surface area is 167 Å². The molecule has 0 bridgehead atoms. The zero-order valence-corrected chi connectivity index (χ0v) is 15.8. The number of ether oxygens (including phenoxy) is 1. The molecular formula is C18H15F3N2O5S. The molecule has 0 atom stereocenters. The van der Waals surface area contributed by atoms with Gasteiger partial charge in [-0.2, -0.15) is 13.2 Å². The van der Waals surface area contributed by atoms with Crippen LogP contribution in [0.3, 0.4) is 0 Å². The number of nitrogens with one attached hydrogen (secondary N) is 1. The number of carbonyl (C=O) groups is 2. The number of rotatable bonds is 7. The first-order valence-electron chi connectivity index (χ1n) is 8.17. The van der Waals surface area contributed by atoms with Crippen LogP contribution in [0.2, 0.25) is 0 Å². The molecule has 7 nitrogen and oxygen atoms in total. The molecular weight excluding hydrogens is 413 g/mol. The smallest absolute Gasteiger partial charge is 0.416 e. The van der Waals surface area contributed by atoms with Crippen LogP contribution in [0.15, 0.2) is 47.4 Å². The summed E-state index contributed by atoms with van der Waals surface area (Å²) < 4.78 is 43.0. The van der Waals surface area contributed by atoms with Gasteiger partial charge in [0.15, 0.2) is 0 Å². The molecule has 0 unspecified atom stereocenters. The number of nitro groups is 1. The van der Waals surface area contributed by atoms with Crippen molar-refractivity contribution in [2.45, 2.75) is 18.0 Å². The average molecular weight is 428 g/mol. The summed E-state index contributed by atoms with van der Waals surface area (Å²) in [7, 11) is 0. The second-order valence-electron chi connectivity index (χ2n) is 5.57. The topological polar surface area (TPSA) is 98.5 Å². The van der Waals surface area contributed by atoms with E-state index in [0.717, 1.165) is 23.9 Å². The van der Waals surface area contributed by atoms with Crippen LogP contribution in [0.25, 0.3) is 0 Å². The summed E-state index contributed by atoms with van der Waals surface area (Å²) in [5.41, 5.74) is -1.18. The van der Waals surface area contributed by atoms with Gasteiger partial charge in [0, 0.05) is 11.8 Å². The molecule has 0 aliphatic carbocycles. The van der Waals surface area contributed by atoms with Crippen LogP contribution in [0.4, 0.5) is 24.5 Å². The minimum absolute atomic E-state index is 0.0594. The fourth-order valence-corrected chi connectivity index (χ4v) is 3.01. The largest absolute Gasteiger partial charge is 0.462 e. The molecule has 2 rings (SSSR count). The highest BCUT2D eigenvalue weighted by molar-refractivity contribution is 8.00. The Balaban J connectivity index is 2.02. The van der Waals surface area contributed by atoms with Crippen LogP contribution in [-0.4, -0.2) is 29.2 Å². The maximum atomic E-state index is 12.7. The zero-order chi connectivity index (χ0) is 21.6. The van der Waals surface area contributed by atoms with E-state index >= 15 is 0 Å². The molecule has 0 aliphatic rings. The van der Waals surface area contributed by atoms with Gasteiger partial charge >= 0.3 is 12.1 Å². The summed E-state index contributed by atoms with van der Waals surface area (Å²) in [5, 5.41) is 13.6. The number of hydrogen-bond donors (Lipinski definition) is 1. The van der Waals surface area contributed by atoms with Crippen LogP contribution >= 0.6 is 11.8 Å². The molecule has 0 spiro atoms. The van der Waals surface area contributed by atoms with Gasteiger partial charge in [0.05, 0.1) is 33.3 Å². The Morgan fingerprint density at radius 3 is 2.38 bits per heavy atom. The molecule has 11 heteroatoms. The summed E-state index contributed by atoms with van der Waals surface area (Å²) in [6, 6.07) is 8.01. The highest BCUT2D eigenvalue weighted by Crippen LogP contribution is 2.36. The van der Waals surface area contributed by atoms with E-state index in [4.69, 9.17) is 4.74 Å². The van der Waals surface area contributed by atoms with Crippen LogP contribution in [0.5, 0.6) is 0 Å². The Morgan fingerprint density at radius 1 is 1.17 bits per heavy atom. The van der Waals surface area contributed by atoms with Gasteiger partial charge in [0.2, 0.25) is 5.91 Å². The molecule has 1 N–H and O–H groups in total. The lowest BCUT2D eigenvalue weighted by Crippen LogP contribution is -2.14. The summed E-state index contributed by atoms with van der Waals surface area (Å²) >= 11 is 0.742. The van der Waals surface area contributed by atoms with Crippen molar-refractivity contribution >= 4 is 35.0 Å². The van der Waals surface area contributed by atoms with Crippen molar-refractivity contribution in [3.63, 3.8) is 0 Å². The van der Waals surface area contributed by atoms with Gasteiger partial charge in [-0.25, -0.2) is 4.79 Å². The number of amides is 1. The first kappa shape index (κ1) is 22.2. The number of nitro benzene ring substituents is 1. The van der Waals surface area contributed by atoms with Crippen molar-refractivity contribution in [1.82, 2.24) is 0 Å². The SMILES string of the molecule is CCOC(=O)c1ccc(NC(=O)CSc2ccc(C(F)(F)F)cc2[N+](=O)[O-])cc1. The van der Waals surface area contributed by atoms with Crippen LogP contribution in [-0.2, 0) is 15.7 Å². The van der Waals surface area contributed by atoms with Gasteiger partial charge in [0.1, 0.15) is 0 Å². The molecule has 29 heavy (non-hydrogen) atoms. The van der Waals surface area contributed by atoms with E-state index in [9.17, 15) is 32.9 Å². The lowest BCUT2D eigenvalue weighted by molar-refractivity contribution is -0.388. The molecule has 1 amide bonds. The van der Waals surface area contributed by atoms with Crippen LogP contribution in [0, 0.1) is 10.1 Å². The van der Waals surface area contributed by atoms with Gasteiger partial charge in [-0.3, -0.25) is 14.9 Å². The van der Waals surface area contributed by atoms with E-state index < -0.39 is 34.2 Å². The molecule has 0 saturated carbocycles. The van der Waals surface area contributed by atoms with E-state index in [-0.39, 0.29) is 17.3 Å². The van der Waals surface area contributed by atoms with Gasteiger partial charge in [0.25, 0.3) is 5.69 Å². The van der Waals surface area contributed by atoms with Crippen LogP contribution < -0.4 is 5.32 Å². The minimum atomic E-state index is -4.71. The third-order valence-corrected chi connectivity index (χ3v) is 4.58. The van der Waals surface area contributed by atoms with Gasteiger partial charge in [-0.1, -0.05) is 0 Å². The molecule has 2 aromatic rings. The van der Waals surface area contributed by atoms with Crippen molar-refractivity contribution in [2.75, 3.05) is 17.7 Å². The third kappa shape index (κ3) is 6.21. The number of halogens is 3. The number of benzene rings is 2. The lowest BCUT2D eigenvalue weighted by Gasteiger charge is -2.09. The Kier molecular flexibility index (Phi) is 7.21. The number of hydrogen-bond acceptors (Lipinski definition) is 6. The summed E-state index contributed by atoms with van der Waals surface area (Å²) in [6.45, 7) is 1.90. The number of esters is 1. The number of carbonyl (C=O) groups excluding carboxylic acids is 2. The zero-order valence-electron chi connectivity index (χ0n) is 15.0. The first-order valence-corrected chi connectivity index (χ1v) is 9.16. The maximum Gasteiger partial charge on any atom is 0.416 e. The number of anilines is 1. The summed E-state index contributed by atoms with van der Waals surface area (Å²) in [6.07, 6.45) is -4.71. The van der Waals surface area contributed by atoms with Gasteiger partial charge in [-0.15, -0.1) is 11.8 Å². The van der Waals surface area contributed by atoms with Crippen molar-refractivity contribution in [3.05, 3.63) is 63.7 Å². The average Bonchev–Trinajstić information content (AvgIpc) is 2.66. The number of thioether (sulfide) groups is 1. The van der Waals surface area contributed by atoms with E-state index in [1.165, 1.54) is 24.3 Å². The molecule has 0 saturated heterocycles. The molecule has 0 aliphatic heterocycles. The number of nitrogens with zero attached hydrogens (tertiary/aromatic N) is 1. The predicted octanol–water partition coefficient (Wildman–Crippen LogP) is 4.52. The van der Waals surface area contributed by atoms with Crippen LogP contribution in [0.1, 0.15) is 22.8 Å². The second-order valence-corrected chi connectivity index (χ2v) is 6.59. The Bertz CT molecular complexity index is 917. The lowest BCUT2D eigenvalue weighted by atomic mass is 10.2. The molecule has 154 valence electrons. The van der Waals surface area contributed by atoms with E-state index in [1.54, 1.807) is 6.92 Å². The Hall–Kier alpha value is -3.08. The summed E-state index contributed by atoms with van der Waals surface area (Å²) in [4.78, 5) is 33.7. The van der Waals surface area contributed by atoms with Crippen molar-refractivity contribution in [3.8, 4) is 0 Å². The molecule has 0 aromatic heterocycles. The first-order chi connectivity index (χ1) is 13.6. The highest BCUT2D eigenvalue weighted by Gasteiger charge is 2.33. The van der Waals surface area contributed by atoms with E-state index in [0.29, 0.717) is 17.3 Å². The van der Waals surface area contributed by atoms with Crippen molar-refractivity contribution in [2.24, 2.45) is 0 Å². The molecule has 0 radical (unpaired) electrons. The summed E-state index contributed by atoms with van der Waals surface area (Å²) in [5.74, 6) is -1.28. The quantitative estimate of drug-likeness (QED) is 0.301. The third-order valence-electron chi connectivity index (χ3n) is 3.52. The normalized spacial score (nSPS) is 11.0. The van der Waals surface area contributed by atoms with Crippen molar-refractivity contribution < 1.29 is 32.4 Å². The number of alkyl halides is 3. The highest BCUT2D eigenvalue weighted by atomic mass is 32.2. The second kappa shape index (κ2) is 9.41. The minimum Gasteiger partial charge on any atom is -0.462 e. The van der Waals surface area contributed by atoms with Gasteiger partial charge < -0.3 is 10.1 Å². The van der Waals surface area contributed by atoms with E-state index in [1.807, 2.05) is 0 Å². The molecule has 2 aromatic carbocycles. The standard InChI is InChI=1S/C18H15F3N2O5S/c1-2-28-17(25)11-3-6-13(7-4-11)22-16(24)10-29-15-8-5-12(18(19,20)21)9-14(15)23(26)27/h3-9H,2,10H2,1H3,(H,22,24). The fraction of sp³-hybridized carbons (Fsp3) is 0.222. The Morgan fingerprint density at radius 2 is 1.83 bits per heavy atom.